The van der Waals surface area contributed by atoms with Crippen LogP contribution in [-0.2, 0) is 4.84 Å². The fraction of sp³-hybridized carbons (Fsp3) is 0.100. The molecule has 2 aromatic rings. The van der Waals surface area contributed by atoms with E-state index in [2.05, 4.69) is 9.99 Å². The maximum absolute atomic E-state index is 5.37. The Morgan fingerprint density at radius 2 is 2.50 bits per heavy atom. The molecule has 0 saturated heterocycles. The second kappa shape index (κ2) is 4.11. The molecule has 0 bridgehead atoms. The fourth-order valence-corrected chi connectivity index (χ4v) is 1.76. The Morgan fingerprint density at radius 1 is 1.57 bits per heavy atom. The molecule has 0 spiro atoms. The van der Waals surface area contributed by atoms with E-state index in [0.717, 1.165) is 16.2 Å². The zero-order valence-corrected chi connectivity index (χ0v) is 8.45. The maximum Gasteiger partial charge on any atom is 0.144 e. The summed E-state index contributed by atoms with van der Waals surface area (Å²) in [6.07, 6.45) is 3.26. The summed E-state index contributed by atoms with van der Waals surface area (Å²) in [4.78, 5) is 5.69. The summed E-state index contributed by atoms with van der Waals surface area (Å²) >= 11 is 1.64. The maximum atomic E-state index is 5.37. The second-order valence-corrected chi connectivity index (χ2v) is 3.59. The smallest absolute Gasteiger partial charge is 0.144 e. The van der Waals surface area contributed by atoms with Crippen LogP contribution in [0.4, 0.5) is 0 Å². The van der Waals surface area contributed by atoms with E-state index in [1.165, 1.54) is 7.11 Å². The lowest BCUT2D eigenvalue weighted by Crippen LogP contribution is -1.75. The molecule has 72 valence electrons. The average molecular weight is 207 g/mol. The molecule has 4 heteroatoms. The van der Waals surface area contributed by atoms with Gasteiger partial charge in [-0.3, -0.25) is 0 Å². The Morgan fingerprint density at radius 3 is 3.21 bits per heavy atom. The van der Waals surface area contributed by atoms with Gasteiger partial charge in [-0.25, -0.2) is 0 Å². The summed E-state index contributed by atoms with van der Waals surface area (Å²) in [5.41, 5.74) is 0.898. The van der Waals surface area contributed by atoms with Crippen LogP contribution in [-0.4, -0.2) is 13.3 Å². The summed E-state index contributed by atoms with van der Waals surface area (Å²) in [5, 5.41) is 5.67. The Balaban J connectivity index is 2.22. The minimum atomic E-state index is 0.859. The second-order valence-electron chi connectivity index (χ2n) is 2.64. The number of hydrogen-bond acceptors (Lipinski definition) is 4. The molecule has 0 aliphatic rings. The van der Waals surface area contributed by atoms with E-state index >= 15 is 0 Å². The highest BCUT2D eigenvalue weighted by Crippen LogP contribution is 2.25. The summed E-state index contributed by atoms with van der Waals surface area (Å²) in [6.45, 7) is 0. The molecule has 0 N–H and O–H groups in total. The summed E-state index contributed by atoms with van der Waals surface area (Å²) < 4.78 is 5.37. The minimum absolute atomic E-state index is 0.859. The van der Waals surface area contributed by atoms with Crippen LogP contribution in [0.25, 0.3) is 10.6 Å². The first-order chi connectivity index (χ1) is 6.90. The van der Waals surface area contributed by atoms with E-state index in [-0.39, 0.29) is 0 Å². The van der Waals surface area contributed by atoms with Crippen molar-refractivity contribution >= 4 is 17.6 Å². The van der Waals surface area contributed by atoms with Crippen molar-refractivity contribution in [3.63, 3.8) is 0 Å². The fourth-order valence-electron chi connectivity index (χ4n) is 1.08. The van der Waals surface area contributed by atoms with Crippen molar-refractivity contribution in [3.8, 4) is 10.6 Å². The van der Waals surface area contributed by atoms with Gasteiger partial charge in [-0.2, -0.15) is 0 Å². The quantitative estimate of drug-likeness (QED) is 0.572. The first kappa shape index (κ1) is 9.02. The van der Waals surface area contributed by atoms with Crippen LogP contribution >= 0.6 is 11.3 Å². The standard InChI is InChI=1S/C10H9NO2S/c1-12-11-6-8-5-9(13-7-8)10-3-2-4-14-10/h2-7H,1H3/b11-6+. The third-order valence-corrected chi connectivity index (χ3v) is 2.58. The Kier molecular flexibility index (Phi) is 2.65. The number of furan rings is 1. The molecular weight excluding hydrogens is 198 g/mol. The number of rotatable bonds is 3. The van der Waals surface area contributed by atoms with Gasteiger partial charge in [-0.05, 0) is 17.5 Å². The van der Waals surface area contributed by atoms with Gasteiger partial charge in [0.25, 0.3) is 0 Å². The third-order valence-electron chi connectivity index (χ3n) is 1.69. The van der Waals surface area contributed by atoms with Crippen molar-refractivity contribution in [3.05, 3.63) is 35.4 Å². The number of hydrogen-bond donors (Lipinski definition) is 0. The highest BCUT2D eigenvalue weighted by Gasteiger charge is 2.03. The van der Waals surface area contributed by atoms with Gasteiger partial charge >= 0.3 is 0 Å². The molecule has 2 aromatic heterocycles. The highest BCUT2D eigenvalue weighted by atomic mass is 32.1. The van der Waals surface area contributed by atoms with Gasteiger partial charge in [-0.1, -0.05) is 11.2 Å². The Hall–Kier alpha value is -1.55. The zero-order chi connectivity index (χ0) is 9.80. The Labute approximate surface area is 85.6 Å². The van der Waals surface area contributed by atoms with Crippen LogP contribution < -0.4 is 0 Å². The third kappa shape index (κ3) is 1.85. The van der Waals surface area contributed by atoms with Crippen molar-refractivity contribution in [1.29, 1.82) is 0 Å². The van der Waals surface area contributed by atoms with Gasteiger partial charge in [0.15, 0.2) is 0 Å². The van der Waals surface area contributed by atoms with Gasteiger partial charge in [0, 0.05) is 5.56 Å². The lowest BCUT2D eigenvalue weighted by molar-refractivity contribution is 0.215. The molecule has 0 radical (unpaired) electrons. The van der Waals surface area contributed by atoms with Gasteiger partial charge in [0.2, 0.25) is 0 Å². The molecule has 0 atom stereocenters. The molecule has 0 saturated carbocycles. The van der Waals surface area contributed by atoms with E-state index in [0.29, 0.717) is 0 Å². The molecule has 2 rings (SSSR count). The van der Waals surface area contributed by atoms with Gasteiger partial charge in [0.1, 0.15) is 19.1 Å². The normalized spacial score (nSPS) is 10.9. The van der Waals surface area contributed by atoms with Gasteiger partial charge < -0.3 is 9.25 Å². The summed E-state index contributed by atoms with van der Waals surface area (Å²) in [5.74, 6) is 0.859. The van der Waals surface area contributed by atoms with Crippen molar-refractivity contribution in [2.75, 3.05) is 7.11 Å². The first-order valence-electron chi connectivity index (χ1n) is 4.09. The lowest BCUT2D eigenvalue weighted by Gasteiger charge is -1.85. The van der Waals surface area contributed by atoms with E-state index < -0.39 is 0 Å². The SMILES string of the molecule is CO/N=C/c1coc(-c2cccs2)c1. The van der Waals surface area contributed by atoms with Crippen LogP contribution in [0.3, 0.4) is 0 Å². The van der Waals surface area contributed by atoms with E-state index in [4.69, 9.17) is 4.42 Å². The monoisotopic (exact) mass is 207 g/mol. The molecule has 0 unspecified atom stereocenters. The van der Waals surface area contributed by atoms with Crippen LogP contribution in [0, 0.1) is 0 Å². The van der Waals surface area contributed by atoms with Crippen molar-refractivity contribution < 1.29 is 9.25 Å². The molecule has 0 aliphatic heterocycles. The van der Waals surface area contributed by atoms with Gasteiger partial charge in [-0.15, -0.1) is 11.3 Å². The molecule has 0 fully saturated rings. The number of nitrogens with zero attached hydrogens (tertiary/aromatic N) is 1. The van der Waals surface area contributed by atoms with Crippen LogP contribution in [0.1, 0.15) is 5.56 Å². The average Bonchev–Trinajstić information content (AvgIpc) is 2.85. The van der Waals surface area contributed by atoms with E-state index in [1.807, 2.05) is 23.6 Å². The van der Waals surface area contributed by atoms with E-state index in [1.54, 1.807) is 23.8 Å². The van der Waals surface area contributed by atoms with E-state index in [9.17, 15) is 0 Å². The largest absolute Gasteiger partial charge is 0.463 e. The zero-order valence-electron chi connectivity index (χ0n) is 7.64. The van der Waals surface area contributed by atoms with Gasteiger partial charge in [0.05, 0.1) is 11.1 Å². The molecule has 0 amide bonds. The summed E-state index contributed by atoms with van der Waals surface area (Å²) in [6, 6.07) is 5.93. The molecule has 0 aromatic carbocycles. The van der Waals surface area contributed by atoms with Crippen LogP contribution in [0.15, 0.2) is 39.4 Å². The predicted octanol–water partition coefficient (Wildman–Crippen LogP) is 2.99. The molecule has 3 nitrogen and oxygen atoms in total. The first-order valence-corrected chi connectivity index (χ1v) is 4.97. The molecular formula is C10H9NO2S. The highest BCUT2D eigenvalue weighted by molar-refractivity contribution is 7.13. The van der Waals surface area contributed by atoms with Crippen molar-refractivity contribution in [2.45, 2.75) is 0 Å². The molecule has 0 aliphatic carbocycles. The summed E-state index contributed by atoms with van der Waals surface area (Å²) in [7, 11) is 1.51. The number of thiophene rings is 1. The van der Waals surface area contributed by atoms with Crippen molar-refractivity contribution in [1.82, 2.24) is 0 Å². The molecule has 14 heavy (non-hydrogen) atoms. The topological polar surface area (TPSA) is 34.7 Å². The minimum Gasteiger partial charge on any atom is -0.463 e. The number of oxime groups is 1. The lowest BCUT2D eigenvalue weighted by atomic mass is 10.3. The van der Waals surface area contributed by atoms with Crippen LogP contribution in [0.5, 0.6) is 0 Å². The Bertz CT molecular complexity index is 417. The predicted molar refractivity (Wildman–Crippen MR) is 56.6 cm³/mol. The van der Waals surface area contributed by atoms with Crippen LogP contribution in [0.2, 0.25) is 0 Å². The molecule has 2 heterocycles. The van der Waals surface area contributed by atoms with Crippen molar-refractivity contribution in [2.24, 2.45) is 5.16 Å².